The smallest absolute Gasteiger partial charge is 0.188 e. The van der Waals surface area contributed by atoms with E-state index in [1.165, 1.54) is 11.1 Å². The second-order valence-electron chi connectivity index (χ2n) is 6.94. The van der Waals surface area contributed by atoms with Gasteiger partial charge in [-0.3, -0.25) is 0 Å². The van der Waals surface area contributed by atoms with Gasteiger partial charge in [0.1, 0.15) is 0 Å². The number of benzene rings is 2. The maximum Gasteiger partial charge on any atom is 0.188 e. The second kappa shape index (κ2) is 8.61. The van der Waals surface area contributed by atoms with Crippen LogP contribution in [-0.2, 0) is 12.0 Å². The monoisotopic (exact) mass is 355 g/mol. The van der Waals surface area contributed by atoms with Crippen LogP contribution in [0.15, 0.2) is 47.5 Å². The van der Waals surface area contributed by atoms with Crippen molar-refractivity contribution >= 4 is 5.96 Å². The van der Waals surface area contributed by atoms with Gasteiger partial charge in [0.05, 0.1) is 20.8 Å². The lowest BCUT2D eigenvalue weighted by molar-refractivity contribution is 0.354. The molecule has 26 heavy (non-hydrogen) atoms. The minimum Gasteiger partial charge on any atom is -0.493 e. The summed E-state index contributed by atoms with van der Waals surface area (Å²) < 4.78 is 10.6. The number of nitrogens with two attached hydrogens (primary N) is 1. The molecule has 0 bridgehead atoms. The predicted octanol–water partition coefficient (Wildman–Crippen LogP) is 3.39. The normalized spacial score (nSPS) is 12.0. The number of rotatable bonds is 7. The Bertz CT molecular complexity index is 770. The van der Waals surface area contributed by atoms with Gasteiger partial charge in [-0.25, -0.2) is 4.99 Å². The summed E-state index contributed by atoms with van der Waals surface area (Å²) in [6, 6.07) is 14.1. The summed E-state index contributed by atoms with van der Waals surface area (Å²) in [5, 5.41) is 3.24. The summed E-state index contributed by atoms with van der Waals surface area (Å²) in [6.07, 6.45) is 0. The third-order valence-electron chi connectivity index (χ3n) is 4.47. The highest BCUT2D eigenvalue weighted by atomic mass is 16.5. The van der Waals surface area contributed by atoms with Crippen molar-refractivity contribution in [2.45, 2.75) is 32.7 Å². The maximum atomic E-state index is 6.05. The summed E-state index contributed by atoms with van der Waals surface area (Å²) in [5.41, 5.74) is 9.60. The molecule has 5 heteroatoms. The van der Waals surface area contributed by atoms with E-state index in [0.29, 0.717) is 30.5 Å². The molecule has 0 atom stereocenters. The third kappa shape index (κ3) is 4.91. The molecule has 0 saturated carbocycles. The number of nitrogens with zero attached hydrogens (tertiary/aromatic N) is 1. The SMILES string of the molecule is COc1ccc(CN=C(N)NCC(C)(C)c2ccccc2C)cc1OC. The Morgan fingerprint density at radius 3 is 2.42 bits per heavy atom. The zero-order chi connectivity index (χ0) is 19.2. The van der Waals surface area contributed by atoms with Crippen LogP contribution in [0.25, 0.3) is 0 Å². The summed E-state index contributed by atoms with van der Waals surface area (Å²) in [6.45, 7) is 7.71. The predicted molar refractivity (Wildman–Crippen MR) is 107 cm³/mol. The highest BCUT2D eigenvalue weighted by Crippen LogP contribution is 2.28. The Morgan fingerprint density at radius 1 is 1.08 bits per heavy atom. The number of ether oxygens (including phenoxy) is 2. The summed E-state index contributed by atoms with van der Waals surface area (Å²) >= 11 is 0. The molecule has 2 rings (SSSR count). The van der Waals surface area contributed by atoms with Gasteiger partial charge >= 0.3 is 0 Å². The van der Waals surface area contributed by atoms with Gasteiger partial charge in [-0.1, -0.05) is 44.2 Å². The first-order valence-corrected chi connectivity index (χ1v) is 8.68. The van der Waals surface area contributed by atoms with Gasteiger partial charge < -0.3 is 20.5 Å². The van der Waals surface area contributed by atoms with E-state index in [4.69, 9.17) is 15.2 Å². The lowest BCUT2D eigenvalue weighted by Crippen LogP contribution is -2.41. The number of hydrogen-bond acceptors (Lipinski definition) is 3. The van der Waals surface area contributed by atoms with Crippen LogP contribution in [0, 0.1) is 6.92 Å². The molecule has 0 aromatic heterocycles. The molecule has 0 fully saturated rings. The first-order chi connectivity index (χ1) is 12.4. The maximum absolute atomic E-state index is 6.05. The highest BCUT2D eigenvalue weighted by Gasteiger charge is 2.22. The molecule has 0 aliphatic heterocycles. The Balaban J connectivity index is 1.99. The molecule has 0 radical (unpaired) electrons. The van der Waals surface area contributed by atoms with E-state index in [1.54, 1.807) is 14.2 Å². The van der Waals surface area contributed by atoms with E-state index in [0.717, 1.165) is 5.56 Å². The van der Waals surface area contributed by atoms with E-state index < -0.39 is 0 Å². The molecule has 140 valence electrons. The van der Waals surface area contributed by atoms with Crippen LogP contribution < -0.4 is 20.5 Å². The number of guanidine groups is 1. The Morgan fingerprint density at radius 2 is 1.77 bits per heavy atom. The molecular weight excluding hydrogens is 326 g/mol. The third-order valence-corrected chi connectivity index (χ3v) is 4.47. The van der Waals surface area contributed by atoms with Gasteiger partial charge in [0.15, 0.2) is 17.5 Å². The quantitative estimate of drug-likeness (QED) is 0.590. The number of hydrogen-bond donors (Lipinski definition) is 2. The van der Waals surface area contributed by atoms with Crippen molar-refractivity contribution in [1.29, 1.82) is 0 Å². The van der Waals surface area contributed by atoms with E-state index in [1.807, 2.05) is 18.2 Å². The first-order valence-electron chi connectivity index (χ1n) is 8.68. The molecule has 2 aromatic rings. The van der Waals surface area contributed by atoms with Crippen LogP contribution in [0.2, 0.25) is 0 Å². The fraction of sp³-hybridized carbons (Fsp3) is 0.381. The average Bonchev–Trinajstić information content (AvgIpc) is 2.64. The minimum absolute atomic E-state index is 0.0468. The molecule has 0 amide bonds. The highest BCUT2D eigenvalue weighted by molar-refractivity contribution is 5.78. The molecule has 3 N–H and O–H groups in total. The lowest BCUT2D eigenvalue weighted by atomic mass is 9.82. The Hall–Kier alpha value is -2.69. The molecule has 0 spiro atoms. The molecule has 0 aliphatic rings. The van der Waals surface area contributed by atoms with Crippen molar-refractivity contribution in [3.8, 4) is 11.5 Å². The van der Waals surface area contributed by atoms with Crippen molar-refractivity contribution in [1.82, 2.24) is 5.32 Å². The van der Waals surface area contributed by atoms with Gasteiger partial charge in [0.25, 0.3) is 0 Å². The van der Waals surface area contributed by atoms with Gasteiger partial charge in [-0.05, 0) is 35.7 Å². The topological polar surface area (TPSA) is 68.9 Å². The molecule has 2 aromatic carbocycles. The van der Waals surface area contributed by atoms with E-state index >= 15 is 0 Å². The van der Waals surface area contributed by atoms with Crippen LogP contribution in [0.4, 0.5) is 0 Å². The van der Waals surface area contributed by atoms with Crippen LogP contribution >= 0.6 is 0 Å². The van der Waals surface area contributed by atoms with Gasteiger partial charge in [0, 0.05) is 12.0 Å². The molecule has 0 saturated heterocycles. The first kappa shape index (κ1) is 19.6. The van der Waals surface area contributed by atoms with Gasteiger partial charge in [-0.2, -0.15) is 0 Å². The second-order valence-corrected chi connectivity index (χ2v) is 6.94. The summed E-state index contributed by atoms with van der Waals surface area (Å²) in [4.78, 5) is 4.43. The summed E-state index contributed by atoms with van der Waals surface area (Å²) in [5.74, 6) is 1.82. The van der Waals surface area contributed by atoms with Crippen molar-refractivity contribution in [2.75, 3.05) is 20.8 Å². The van der Waals surface area contributed by atoms with Crippen molar-refractivity contribution in [2.24, 2.45) is 10.7 Å². The fourth-order valence-electron chi connectivity index (χ4n) is 2.95. The van der Waals surface area contributed by atoms with Gasteiger partial charge in [-0.15, -0.1) is 0 Å². The van der Waals surface area contributed by atoms with E-state index in [9.17, 15) is 0 Å². The van der Waals surface area contributed by atoms with Crippen LogP contribution in [-0.4, -0.2) is 26.7 Å². The van der Waals surface area contributed by atoms with Gasteiger partial charge in [0.2, 0.25) is 0 Å². The van der Waals surface area contributed by atoms with Crippen molar-refractivity contribution in [3.63, 3.8) is 0 Å². The average molecular weight is 355 g/mol. The largest absolute Gasteiger partial charge is 0.493 e. The van der Waals surface area contributed by atoms with E-state index in [-0.39, 0.29) is 5.41 Å². The molecule has 0 aliphatic carbocycles. The number of aliphatic imine (C=N–C) groups is 1. The standard InChI is InChI=1S/C21H29N3O2/c1-15-8-6-7-9-17(15)21(2,3)14-24-20(22)23-13-16-10-11-18(25-4)19(12-16)26-5/h6-12H,13-14H2,1-5H3,(H3,22,23,24). The number of nitrogens with one attached hydrogen (secondary N) is 1. The number of aryl methyl sites for hydroxylation is 1. The molecule has 5 nitrogen and oxygen atoms in total. The summed E-state index contributed by atoms with van der Waals surface area (Å²) in [7, 11) is 3.24. The van der Waals surface area contributed by atoms with Crippen LogP contribution in [0.5, 0.6) is 11.5 Å². The zero-order valence-corrected chi connectivity index (χ0v) is 16.3. The fourth-order valence-corrected chi connectivity index (χ4v) is 2.95. The molecule has 0 heterocycles. The molecular formula is C21H29N3O2. The van der Waals surface area contributed by atoms with Crippen molar-refractivity contribution < 1.29 is 9.47 Å². The Kier molecular flexibility index (Phi) is 6.50. The van der Waals surface area contributed by atoms with E-state index in [2.05, 4.69) is 55.3 Å². The molecule has 0 unspecified atom stereocenters. The van der Waals surface area contributed by atoms with Crippen molar-refractivity contribution in [3.05, 3.63) is 59.2 Å². The van der Waals surface area contributed by atoms with Crippen LogP contribution in [0.3, 0.4) is 0 Å². The number of methoxy groups -OCH3 is 2. The minimum atomic E-state index is -0.0468. The zero-order valence-electron chi connectivity index (χ0n) is 16.3. The Labute approximate surface area is 156 Å². The lowest BCUT2D eigenvalue weighted by Gasteiger charge is -2.27. The van der Waals surface area contributed by atoms with Crippen LogP contribution in [0.1, 0.15) is 30.5 Å².